The first-order chi connectivity index (χ1) is 17.1. The number of piperidine rings is 1. The lowest BCUT2D eigenvalue weighted by atomic mass is 10.0. The Bertz CT molecular complexity index is 1350. The molecule has 2 aliphatic rings. The van der Waals surface area contributed by atoms with Gasteiger partial charge < -0.3 is 9.64 Å². The van der Waals surface area contributed by atoms with E-state index in [0.717, 1.165) is 29.9 Å². The van der Waals surface area contributed by atoms with Gasteiger partial charge in [0, 0.05) is 25.8 Å². The Balaban J connectivity index is 1.41. The minimum Gasteiger partial charge on any atom is -0.406 e. The average Bonchev–Trinajstić information content (AvgIpc) is 3.05. The number of alkyl halides is 3. The monoisotopic (exact) mass is 517 g/mol. The second-order valence-electron chi connectivity index (χ2n) is 8.98. The van der Waals surface area contributed by atoms with Gasteiger partial charge in [-0.2, -0.15) is 8.42 Å². The minimum atomic E-state index is -4.79. The molecular formula is C26H26F3N3O3S. The van der Waals surface area contributed by atoms with E-state index in [9.17, 15) is 21.6 Å². The van der Waals surface area contributed by atoms with Gasteiger partial charge in [0.25, 0.3) is 0 Å². The van der Waals surface area contributed by atoms with E-state index >= 15 is 0 Å². The molecule has 1 saturated heterocycles. The SMILES string of the molecule is CN1c2cc(-c3cccc(N4CCCCC4)c3)ccc2N(Cc2ccc(OC(F)(F)F)cc2)S1(=O)=O. The highest BCUT2D eigenvalue weighted by molar-refractivity contribution is 7.94. The average molecular weight is 518 g/mol. The van der Waals surface area contributed by atoms with Crippen molar-refractivity contribution < 1.29 is 26.3 Å². The van der Waals surface area contributed by atoms with Crippen molar-refractivity contribution in [3.63, 3.8) is 0 Å². The predicted octanol–water partition coefficient (Wildman–Crippen LogP) is 5.94. The number of benzene rings is 3. The molecule has 5 rings (SSSR count). The van der Waals surface area contributed by atoms with E-state index in [1.807, 2.05) is 24.3 Å². The summed E-state index contributed by atoms with van der Waals surface area (Å²) in [5.41, 5.74) is 4.67. The van der Waals surface area contributed by atoms with Gasteiger partial charge in [-0.25, -0.2) is 4.31 Å². The van der Waals surface area contributed by atoms with Gasteiger partial charge in [0.15, 0.2) is 0 Å². The van der Waals surface area contributed by atoms with Gasteiger partial charge in [-0.3, -0.25) is 4.31 Å². The van der Waals surface area contributed by atoms with Crippen LogP contribution in [0.5, 0.6) is 5.75 Å². The van der Waals surface area contributed by atoms with Crippen LogP contribution in [0.1, 0.15) is 24.8 Å². The summed E-state index contributed by atoms with van der Waals surface area (Å²) < 4.78 is 70.1. The topological polar surface area (TPSA) is 53.1 Å². The minimum absolute atomic E-state index is 0.0181. The van der Waals surface area contributed by atoms with Crippen LogP contribution in [-0.2, 0) is 16.8 Å². The lowest BCUT2D eigenvalue weighted by molar-refractivity contribution is -0.274. The first-order valence-corrected chi connectivity index (χ1v) is 13.1. The molecule has 0 N–H and O–H groups in total. The maximum Gasteiger partial charge on any atom is 0.573 e. The van der Waals surface area contributed by atoms with Crippen molar-refractivity contribution in [2.45, 2.75) is 32.2 Å². The highest BCUT2D eigenvalue weighted by atomic mass is 32.2. The largest absolute Gasteiger partial charge is 0.573 e. The van der Waals surface area contributed by atoms with Crippen LogP contribution in [0.3, 0.4) is 0 Å². The number of anilines is 3. The lowest BCUT2D eigenvalue weighted by Gasteiger charge is -2.29. The third kappa shape index (κ3) is 4.82. The summed E-state index contributed by atoms with van der Waals surface area (Å²) in [7, 11) is -2.34. The van der Waals surface area contributed by atoms with E-state index in [0.29, 0.717) is 16.9 Å². The van der Waals surface area contributed by atoms with Crippen molar-refractivity contribution in [3.8, 4) is 16.9 Å². The van der Waals surface area contributed by atoms with Crippen molar-refractivity contribution in [1.82, 2.24) is 0 Å². The molecule has 6 nitrogen and oxygen atoms in total. The van der Waals surface area contributed by atoms with Gasteiger partial charge in [0.2, 0.25) is 0 Å². The zero-order valence-corrected chi connectivity index (χ0v) is 20.5. The lowest BCUT2D eigenvalue weighted by Crippen LogP contribution is -2.35. The Hall–Kier alpha value is -3.40. The molecular weight excluding hydrogens is 491 g/mol. The van der Waals surface area contributed by atoms with E-state index in [4.69, 9.17) is 0 Å². The first-order valence-electron chi connectivity index (χ1n) is 11.7. The van der Waals surface area contributed by atoms with Crippen LogP contribution in [0.15, 0.2) is 66.7 Å². The molecule has 0 unspecified atom stereocenters. The highest BCUT2D eigenvalue weighted by Gasteiger charge is 2.38. The zero-order valence-electron chi connectivity index (χ0n) is 19.7. The van der Waals surface area contributed by atoms with Gasteiger partial charge in [-0.15, -0.1) is 13.2 Å². The first kappa shape index (κ1) is 24.3. The van der Waals surface area contributed by atoms with Gasteiger partial charge in [0.05, 0.1) is 17.9 Å². The third-order valence-electron chi connectivity index (χ3n) is 6.59. The van der Waals surface area contributed by atoms with E-state index in [2.05, 4.69) is 21.8 Å². The molecule has 0 aliphatic carbocycles. The summed E-state index contributed by atoms with van der Waals surface area (Å²) in [6.07, 6.45) is -1.17. The number of nitrogens with zero attached hydrogens (tertiary/aromatic N) is 3. The van der Waals surface area contributed by atoms with Crippen LogP contribution in [0, 0.1) is 0 Å². The van der Waals surface area contributed by atoms with Crippen LogP contribution in [0.4, 0.5) is 30.2 Å². The van der Waals surface area contributed by atoms with E-state index in [1.54, 1.807) is 6.07 Å². The Morgan fingerprint density at radius 2 is 1.56 bits per heavy atom. The van der Waals surface area contributed by atoms with Crippen LogP contribution in [0.2, 0.25) is 0 Å². The molecule has 3 aromatic carbocycles. The molecule has 0 radical (unpaired) electrons. The summed E-state index contributed by atoms with van der Waals surface area (Å²) in [5, 5.41) is 0. The Morgan fingerprint density at radius 3 is 2.25 bits per heavy atom. The second kappa shape index (κ2) is 9.24. The third-order valence-corrected chi connectivity index (χ3v) is 8.36. The highest BCUT2D eigenvalue weighted by Crippen LogP contribution is 2.43. The fourth-order valence-electron chi connectivity index (χ4n) is 4.73. The maximum atomic E-state index is 13.2. The van der Waals surface area contributed by atoms with Crippen molar-refractivity contribution in [1.29, 1.82) is 0 Å². The van der Waals surface area contributed by atoms with Gasteiger partial charge >= 0.3 is 16.6 Å². The number of rotatable bonds is 5. The summed E-state index contributed by atoms with van der Waals surface area (Å²) >= 11 is 0. The van der Waals surface area contributed by atoms with Crippen molar-refractivity contribution in [3.05, 3.63) is 72.3 Å². The van der Waals surface area contributed by atoms with Gasteiger partial charge in [-0.1, -0.05) is 30.3 Å². The molecule has 3 aromatic rings. The Morgan fingerprint density at radius 1 is 0.861 bits per heavy atom. The summed E-state index contributed by atoms with van der Waals surface area (Å²) in [6.45, 7) is 2.05. The zero-order chi connectivity index (χ0) is 25.5. The van der Waals surface area contributed by atoms with Crippen molar-refractivity contribution in [2.24, 2.45) is 0 Å². The fraction of sp³-hybridized carbons (Fsp3) is 0.308. The van der Waals surface area contributed by atoms with Crippen LogP contribution in [0.25, 0.3) is 11.1 Å². The van der Waals surface area contributed by atoms with Crippen LogP contribution in [-0.4, -0.2) is 34.9 Å². The normalized spacial score (nSPS) is 17.3. The van der Waals surface area contributed by atoms with Crippen LogP contribution < -0.4 is 18.2 Å². The van der Waals surface area contributed by atoms with Gasteiger partial charge in [-0.05, 0) is 72.4 Å². The number of hydrogen-bond donors (Lipinski definition) is 0. The summed E-state index contributed by atoms with van der Waals surface area (Å²) in [4.78, 5) is 2.38. The maximum absolute atomic E-state index is 13.2. The fourth-order valence-corrected chi connectivity index (χ4v) is 6.13. The molecule has 0 aromatic heterocycles. The molecule has 0 amide bonds. The molecule has 0 atom stereocenters. The summed E-state index contributed by atoms with van der Waals surface area (Å²) in [6, 6.07) is 19.0. The molecule has 0 bridgehead atoms. The number of fused-ring (bicyclic) bond motifs is 1. The van der Waals surface area contributed by atoms with E-state index in [1.165, 1.54) is 59.2 Å². The number of halogens is 3. The van der Waals surface area contributed by atoms with E-state index < -0.39 is 16.6 Å². The smallest absolute Gasteiger partial charge is 0.406 e. The van der Waals surface area contributed by atoms with E-state index in [-0.39, 0.29) is 12.3 Å². The standard InChI is InChI=1S/C26H26F3N3O3S/c1-30-25-17-21(20-6-5-7-22(16-20)31-14-3-2-4-15-31)10-13-24(25)32(36(30,33)34)18-19-8-11-23(12-9-19)35-26(27,28)29/h5-13,16-17H,2-4,14-15,18H2,1H3. The van der Waals surface area contributed by atoms with Crippen molar-refractivity contribution in [2.75, 3.05) is 33.6 Å². The molecule has 36 heavy (non-hydrogen) atoms. The van der Waals surface area contributed by atoms with Gasteiger partial charge in [0.1, 0.15) is 5.75 Å². The Kier molecular flexibility index (Phi) is 6.23. The summed E-state index contributed by atoms with van der Waals surface area (Å²) in [5.74, 6) is -0.357. The molecule has 0 saturated carbocycles. The van der Waals surface area contributed by atoms with Crippen molar-refractivity contribution >= 4 is 27.3 Å². The molecule has 0 spiro atoms. The number of ether oxygens (including phenoxy) is 1. The number of hydrogen-bond acceptors (Lipinski definition) is 4. The molecule has 190 valence electrons. The predicted molar refractivity (Wildman–Crippen MR) is 135 cm³/mol. The molecule has 2 heterocycles. The molecule has 2 aliphatic heterocycles. The van der Waals surface area contributed by atoms with Crippen LogP contribution >= 0.6 is 0 Å². The molecule has 1 fully saturated rings. The Labute approximate surface area is 208 Å². The quantitative estimate of drug-likeness (QED) is 0.420. The molecule has 10 heteroatoms. The second-order valence-corrected chi connectivity index (χ2v) is 10.9.